The van der Waals surface area contributed by atoms with Gasteiger partial charge in [-0.25, -0.2) is 0 Å². The first kappa shape index (κ1) is 7.06. The zero-order valence-corrected chi connectivity index (χ0v) is 6.26. The van der Waals surface area contributed by atoms with Gasteiger partial charge in [0, 0.05) is 11.1 Å². The largest absolute Gasteiger partial charge is 0.329 e. The van der Waals surface area contributed by atoms with E-state index in [4.69, 9.17) is 0 Å². The predicted octanol–water partition coefficient (Wildman–Crippen LogP) is -0.760. The summed E-state index contributed by atoms with van der Waals surface area (Å²) < 4.78 is 0. The van der Waals surface area contributed by atoms with Gasteiger partial charge in [0.1, 0.15) is 0 Å². The van der Waals surface area contributed by atoms with Crippen molar-refractivity contribution < 1.29 is 9.59 Å². The number of hydrogen-bond donors (Lipinski definition) is 0. The van der Waals surface area contributed by atoms with E-state index < -0.39 is 0 Å². The maximum absolute atomic E-state index is 11.0. The molecule has 0 saturated heterocycles. The van der Waals surface area contributed by atoms with E-state index in [2.05, 4.69) is 0 Å². The molecule has 0 radical (unpaired) electrons. The van der Waals surface area contributed by atoms with Crippen LogP contribution in [0.3, 0.4) is 0 Å². The van der Waals surface area contributed by atoms with Gasteiger partial charge in [-0.1, -0.05) is 0 Å². The second kappa shape index (κ2) is 1.97. The first-order valence-corrected chi connectivity index (χ1v) is 3.05. The van der Waals surface area contributed by atoms with E-state index in [1.807, 2.05) is 0 Å². The van der Waals surface area contributed by atoms with Crippen LogP contribution in [0.15, 0.2) is 11.1 Å². The molecule has 2 amide bonds. The molecular formula is C6H8BNO2. The molecule has 10 heavy (non-hydrogen) atoms. The second-order valence-electron chi connectivity index (χ2n) is 2.42. The molecular weight excluding hydrogens is 129 g/mol. The van der Waals surface area contributed by atoms with Crippen LogP contribution in [0.5, 0.6) is 0 Å². The fraction of sp³-hybridized carbons (Fsp3) is 0.333. The Kier molecular flexibility index (Phi) is 1.39. The van der Waals surface area contributed by atoms with Crippen molar-refractivity contribution in [2.45, 2.75) is 13.8 Å². The van der Waals surface area contributed by atoms with E-state index in [0.29, 0.717) is 11.1 Å². The van der Waals surface area contributed by atoms with Crippen molar-refractivity contribution in [1.29, 1.82) is 0 Å². The third-order valence-corrected chi connectivity index (χ3v) is 1.81. The van der Waals surface area contributed by atoms with Crippen molar-refractivity contribution >= 4 is 19.8 Å². The number of rotatable bonds is 0. The van der Waals surface area contributed by atoms with Crippen LogP contribution in [0, 0.1) is 0 Å². The van der Waals surface area contributed by atoms with Gasteiger partial charge in [0.2, 0.25) is 19.8 Å². The lowest BCUT2D eigenvalue weighted by molar-refractivity contribution is -0.131. The van der Waals surface area contributed by atoms with E-state index in [1.54, 1.807) is 13.8 Å². The number of imide groups is 1. The maximum atomic E-state index is 11.0. The van der Waals surface area contributed by atoms with Crippen molar-refractivity contribution in [1.82, 2.24) is 4.81 Å². The molecule has 4 heteroatoms. The van der Waals surface area contributed by atoms with Gasteiger partial charge in [0.15, 0.2) is 0 Å². The molecule has 0 bridgehead atoms. The van der Waals surface area contributed by atoms with Crippen LogP contribution in [0.2, 0.25) is 0 Å². The lowest BCUT2D eigenvalue weighted by Crippen LogP contribution is -2.28. The summed E-state index contributed by atoms with van der Waals surface area (Å²) in [6.07, 6.45) is 0. The molecule has 0 spiro atoms. The summed E-state index contributed by atoms with van der Waals surface area (Å²) in [5.74, 6) is -0.356. The van der Waals surface area contributed by atoms with E-state index in [-0.39, 0.29) is 11.8 Å². The number of hydrogen-bond acceptors (Lipinski definition) is 2. The van der Waals surface area contributed by atoms with E-state index >= 15 is 0 Å². The predicted molar refractivity (Wildman–Crippen MR) is 38.8 cm³/mol. The van der Waals surface area contributed by atoms with Gasteiger partial charge in [-0.3, -0.25) is 9.59 Å². The molecule has 0 atom stereocenters. The minimum absolute atomic E-state index is 0.178. The molecule has 0 aromatic heterocycles. The summed E-state index contributed by atoms with van der Waals surface area (Å²) in [5.41, 5.74) is 1.13. The van der Waals surface area contributed by atoms with Crippen molar-refractivity contribution in [3.8, 4) is 0 Å². The molecule has 3 nitrogen and oxygen atoms in total. The quantitative estimate of drug-likeness (QED) is 0.325. The number of amides is 2. The van der Waals surface area contributed by atoms with Crippen LogP contribution in [0.4, 0.5) is 0 Å². The molecule has 0 unspecified atom stereocenters. The third kappa shape index (κ3) is 0.684. The van der Waals surface area contributed by atoms with E-state index in [0.717, 1.165) is 4.81 Å². The lowest BCUT2D eigenvalue weighted by Gasteiger charge is -2.04. The molecule has 0 aliphatic carbocycles. The summed E-state index contributed by atoms with van der Waals surface area (Å²) in [6, 6.07) is 0. The highest BCUT2D eigenvalue weighted by Gasteiger charge is 2.28. The molecule has 52 valence electrons. The normalized spacial score (nSPS) is 19.2. The molecule has 1 rings (SSSR count). The second-order valence-corrected chi connectivity index (χ2v) is 2.42. The number of nitrogens with zero attached hydrogens (tertiary/aromatic N) is 1. The smallest absolute Gasteiger partial charge is 0.244 e. The van der Waals surface area contributed by atoms with Gasteiger partial charge in [-0.15, -0.1) is 0 Å². The van der Waals surface area contributed by atoms with Gasteiger partial charge < -0.3 is 4.81 Å². The first-order chi connectivity index (χ1) is 4.55. The topological polar surface area (TPSA) is 37.4 Å². The molecule has 0 fully saturated rings. The van der Waals surface area contributed by atoms with E-state index in [1.165, 1.54) is 7.98 Å². The lowest BCUT2D eigenvalue weighted by atomic mass is 10.2. The summed E-state index contributed by atoms with van der Waals surface area (Å²) in [4.78, 5) is 23.1. The van der Waals surface area contributed by atoms with Crippen LogP contribution in [-0.4, -0.2) is 24.6 Å². The van der Waals surface area contributed by atoms with Crippen molar-refractivity contribution in [3.63, 3.8) is 0 Å². The van der Waals surface area contributed by atoms with Crippen molar-refractivity contribution in [3.05, 3.63) is 11.1 Å². The van der Waals surface area contributed by atoms with Gasteiger partial charge in [-0.05, 0) is 13.8 Å². The Bertz CT molecular complexity index is 220. The highest BCUT2D eigenvalue weighted by atomic mass is 16.2. The standard InChI is InChI=1S/C6H8BNO2/c1-3-4(2)6(10)8(7)5(3)9/h7H2,1-2H3. The summed E-state index contributed by atoms with van der Waals surface area (Å²) >= 11 is 0. The molecule has 0 aromatic rings. The highest BCUT2D eigenvalue weighted by Crippen LogP contribution is 2.16. The maximum Gasteiger partial charge on any atom is 0.244 e. The number of carbonyl (C=O) groups is 2. The van der Waals surface area contributed by atoms with Crippen LogP contribution in [-0.2, 0) is 9.59 Å². The number of carbonyl (C=O) groups excluding carboxylic acids is 2. The average molecular weight is 137 g/mol. The molecule has 0 aromatic carbocycles. The summed E-state index contributed by atoms with van der Waals surface area (Å²) in [6.45, 7) is 3.33. The summed E-state index contributed by atoms with van der Waals surface area (Å²) in [7, 11) is 1.49. The van der Waals surface area contributed by atoms with Crippen LogP contribution in [0.1, 0.15) is 13.8 Å². The zero-order valence-electron chi connectivity index (χ0n) is 6.26. The first-order valence-electron chi connectivity index (χ1n) is 3.05. The zero-order chi connectivity index (χ0) is 7.89. The van der Waals surface area contributed by atoms with Crippen LogP contribution in [0.25, 0.3) is 0 Å². The summed E-state index contributed by atoms with van der Waals surface area (Å²) in [5, 5.41) is 0. The molecule has 0 N–H and O–H groups in total. The Morgan fingerprint density at radius 2 is 1.40 bits per heavy atom. The fourth-order valence-corrected chi connectivity index (χ4v) is 0.916. The Hall–Kier alpha value is -1.06. The Balaban J connectivity index is 3.11. The van der Waals surface area contributed by atoms with Crippen molar-refractivity contribution in [2.24, 2.45) is 0 Å². The Morgan fingerprint density at radius 1 is 1.10 bits per heavy atom. The average Bonchev–Trinajstić information content (AvgIpc) is 2.07. The van der Waals surface area contributed by atoms with Gasteiger partial charge >= 0.3 is 0 Å². The van der Waals surface area contributed by atoms with Gasteiger partial charge in [0.25, 0.3) is 0 Å². The molecule has 1 aliphatic rings. The third-order valence-electron chi connectivity index (χ3n) is 1.81. The minimum Gasteiger partial charge on any atom is -0.329 e. The van der Waals surface area contributed by atoms with Crippen molar-refractivity contribution in [2.75, 3.05) is 0 Å². The molecule has 1 heterocycles. The van der Waals surface area contributed by atoms with Gasteiger partial charge in [0.05, 0.1) is 0 Å². The van der Waals surface area contributed by atoms with Gasteiger partial charge in [-0.2, -0.15) is 0 Å². The highest BCUT2D eigenvalue weighted by molar-refractivity contribution is 6.34. The Morgan fingerprint density at radius 3 is 1.50 bits per heavy atom. The van der Waals surface area contributed by atoms with E-state index in [9.17, 15) is 9.59 Å². The fourth-order valence-electron chi connectivity index (χ4n) is 0.916. The Labute approximate surface area is 60.1 Å². The SMILES string of the molecule is BN1C(=O)C(C)=C(C)C1=O. The van der Waals surface area contributed by atoms with Crippen LogP contribution >= 0.6 is 0 Å². The molecule has 0 saturated carbocycles. The minimum atomic E-state index is -0.178. The molecule has 1 aliphatic heterocycles. The monoisotopic (exact) mass is 137 g/mol. The van der Waals surface area contributed by atoms with Crippen LogP contribution < -0.4 is 0 Å².